The summed E-state index contributed by atoms with van der Waals surface area (Å²) in [5.41, 5.74) is 2.39. The fourth-order valence-electron chi connectivity index (χ4n) is 7.85. The number of fused-ring (bicyclic) bond motifs is 4. The summed E-state index contributed by atoms with van der Waals surface area (Å²) in [6.07, 6.45) is 5.76. The number of ether oxygens (including phenoxy) is 3. The SMILES string of the molecule is COc1cc(C(=O)N(Cc2ccc3ccccc3n2)[C@@H](CC2C3CCC2CNC3)C2CCCN2)cc2c1OC(C)(C)O2. The molecule has 0 radical (unpaired) electrons. The minimum Gasteiger partial charge on any atom is -0.493 e. The predicted octanol–water partition coefficient (Wildman–Crippen LogP) is 5.15. The highest BCUT2D eigenvalue weighted by atomic mass is 16.7. The van der Waals surface area contributed by atoms with Crippen molar-refractivity contribution in [2.45, 2.75) is 70.4 Å². The molecule has 2 aromatic carbocycles. The van der Waals surface area contributed by atoms with Crippen LogP contribution in [0.1, 0.15) is 62.0 Å². The van der Waals surface area contributed by atoms with Crippen LogP contribution in [0.2, 0.25) is 0 Å². The summed E-state index contributed by atoms with van der Waals surface area (Å²) in [6.45, 7) is 7.32. The van der Waals surface area contributed by atoms with Gasteiger partial charge in [-0.25, -0.2) is 0 Å². The number of hydrogen-bond acceptors (Lipinski definition) is 7. The Morgan fingerprint density at radius 3 is 2.67 bits per heavy atom. The first-order valence-electron chi connectivity index (χ1n) is 15.6. The summed E-state index contributed by atoms with van der Waals surface area (Å²) in [5, 5.41) is 8.53. The molecule has 2 bridgehead atoms. The molecule has 4 heterocycles. The first kappa shape index (κ1) is 27.5. The molecule has 4 aliphatic rings. The molecule has 7 rings (SSSR count). The maximum absolute atomic E-state index is 14.8. The second-order valence-electron chi connectivity index (χ2n) is 13.0. The predicted molar refractivity (Wildman–Crippen MR) is 162 cm³/mol. The molecule has 2 saturated heterocycles. The van der Waals surface area contributed by atoms with E-state index >= 15 is 0 Å². The molecule has 4 atom stereocenters. The summed E-state index contributed by atoms with van der Waals surface area (Å²) in [4.78, 5) is 21.9. The minimum atomic E-state index is -0.823. The van der Waals surface area contributed by atoms with Crippen molar-refractivity contribution >= 4 is 16.8 Å². The van der Waals surface area contributed by atoms with Gasteiger partial charge in [0.2, 0.25) is 11.5 Å². The van der Waals surface area contributed by atoms with Gasteiger partial charge in [-0.15, -0.1) is 0 Å². The van der Waals surface area contributed by atoms with Gasteiger partial charge in [0.05, 0.1) is 24.9 Å². The van der Waals surface area contributed by atoms with E-state index in [1.165, 1.54) is 12.8 Å². The number of para-hydroxylation sites is 1. The van der Waals surface area contributed by atoms with E-state index in [0.29, 0.717) is 47.1 Å². The number of aromatic nitrogens is 1. The minimum absolute atomic E-state index is 0.0284. The summed E-state index contributed by atoms with van der Waals surface area (Å²) < 4.78 is 17.8. The monoisotopic (exact) mass is 570 g/mol. The van der Waals surface area contributed by atoms with Crippen molar-refractivity contribution in [2.24, 2.45) is 17.8 Å². The molecule has 8 nitrogen and oxygen atoms in total. The third-order valence-corrected chi connectivity index (χ3v) is 9.85. The lowest BCUT2D eigenvalue weighted by Gasteiger charge is -2.41. The second kappa shape index (κ2) is 11.0. The number of amides is 1. The van der Waals surface area contributed by atoms with Crippen molar-refractivity contribution in [1.82, 2.24) is 20.5 Å². The van der Waals surface area contributed by atoms with E-state index in [1.54, 1.807) is 13.2 Å². The number of piperidine rings is 1. The quantitative estimate of drug-likeness (QED) is 0.388. The number of nitrogens with zero attached hydrogens (tertiary/aromatic N) is 2. The molecule has 1 saturated carbocycles. The van der Waals surface area contributed by atoms with Crippen molar-refractivity contribution in [3.8, 4) is 17.2 Å². The normalized spacial score (nSPS) is 26.4. The van der Waals surface area contributed by atoms with Gasteiger partial charge in [-0.05, 0) is 93.8 Å². The van der Waals surface area contributed by atoms with Crippen LogP contribution < -0.4 is 24.8 Å². The number of hydrogen-bond donors (Lipinski definition) is 2. The van der Waals surface area contributed by atoms with E-state index < -0.39 is 5.79 Å². The highest BCUT2D eigenvalue weighted by molar-refractivity contribution is 5.96. The Hall–Kier alpha value is -3.36. The summed E-state index contributed by atoms with van der Waals surface area (Å²) >= 11 is 0. The molecule has 3 fully saturated rings. The number of nitrogens with one attached hydrogen (secondary N) is 2. The molecular formula is C34H42N4O4. The zero-order valence-electron chi connectivity index (χ0n) is 24.9. The number of benzene rings is 2. The average molecular weight is 571 g/mol. The fraction of sp³-hybridized carbons (Fsp3) is 0.529. The highest BCUT2D eigenvalue weighted by Gasteiger charge is 2.44. The van der Waals surface area contributed by atoms with Crippen molar-refractivity contribution < 1.29 is 19.0 Å². The standard InChI is InChI=1S/C34H42N4O4/c1-34(2)41-31-16-24(15-30(40-3)32(31)42-34)33(39)38(20-25-13-12-21-7-4-5-8-27(21)37-25)29(28-9-6-14-36-28)17-26-22-10-11-23(26)19-35-18-22/h4-5,7-8,12-13,15-16,22-23,26,28-29,35-36H,6,9-11,14,17-20H2,1-3H3/t22?,23?,26?,28?,29-/m0/s1. The number of pyridine rings is 1. The Labute approximate surface area is 248 Å². The first-order chi connectivity index (χ1) is 20.4. The zero-order chi connectivity index (χ0) is 28.8. The van der Waals surface area contributed by atoms with Crippen LogP contribution in [0, 0.1) is 17.8 Å². The van der Waals surface area contributed by atoms with Crippen LogP contribution in [0.15, 0.2) is 48.5 Å². The van der Waals surface area contributed by atoms with Crippen LogP contribution in [0.5, 0.6) is 17.2 Å². The largest absolute Gasteiger partial charge is 0.493 e. The Bertz CT molecular complexity index is 1450. The fourth-order valence-corrected chi connectivity index (χ4v) is 7.85. The zero-order valence-corrected chi connectivity index (χ0v) is 24.9. The molecule has 3 unspecified atom stereocenters. The Balaban J connectivity index is 1.28. The van der Waals surface area contributed by atoms with Crippen molar-refractivity contribution in [2.75, 3.05) is 26.7 Å². The van der Waals surface area contributed by atoms with Crippen molar-refractivity contribution in [3.63, 3.8) is 0 Å². The maximum atomic E-state index is 14.8. The molecule has 2 N–H and O–H groups in total. The Morgan fingerprint density at radius 1 is 1.10 bits per heavy atom. The molecule has 3 aromatic rings. The van der Waals surface area contributed by atoms with Gasteiger partial charge in [0.25, 0.3) is 5.91 Å². The molecule has 1 amide bonds. The lowest BCUT2D eigenvalue weighted by Crippen LogP contribution is -2.52. The van der Waals surface area contributed by atoms with Gasteiger partial charge in [0.1, 0.15) is 0 Å². The van der Waals surface area contributed by atoms with Crippen LogP contribution in [-0.2, 0) is 6.54 Å². The van der Waals surface area contributed by atoms with Crippen LogP contribution in [0.3, 0.4) is 0 Å². The van der Waals surface area contributed by atoms with E-state index in [9.17, 15) is 4.79 Å². The molecule has 1 aliphatic carbocycles. The van der Waals surface area contributed by atoms with E-state index in [0.717, 1.165) is 55.5 Å². The Kier molecular flexibility index (Phi) is 7.22. The topological polar surface area (TPSA) is 85.0 Å². The van der Waals surface area contributed by atoms with E-state index in [-0.39, 0.29) is 18.0 Å². The summed E-state index contributed by atoms with van der Waals surface area (Å²) in [6, 6.07) is 16.3. The lowest BCUT2D eigenvalue weighted by atomic mass is 9.79. The van der Waals surface area contributed by atoms with Crippen molar-refractivity contribution in [3.05, 3.63) is 59.8 Å². The number of carbonyl (C=O) groups excluding carboxylic acids is 1. The molecule has 1 aromatic heterocycles. The molecule has 222 valence electrons. The van der Waals surface area contributed by atoms with Gasteiger partial charge in [0.15, 0.2) is 11.5 Å². The molecular weight excluding hydrogens is 528 g/mol. The number of rotatable bonds is 8. The third kappa shape index (κ3) is 5.20. The third-order valence-electron chi connectivity index (χ3n) is 9.85. The van der Waals surface area contributed by atoms with E-state index in [4.69, 9.17) is 19.2 Å². The Morgan fingerprint density at radius 2 is 1.90 bits per heavy atom. The maximum Gasteiger partial charge on any atom is 0.254 e. The number of carbonyl (C=O) groups is 1. The van der Waals surface area contributed by atoms with Crippen LogP contribution in [0.4, 0.5) is 0 Å². The second-order valence-corrected chi connectivity index (χ2v) is 13.0. The van der Waals surface area contributed by atoms with Gasteiger partial charge in [-0.1, -0.05) is 24.3 Å². The summed E-state index contributed by atoms with van der Waals surface area (Å²) in [5.74, 6) is 2.71. The van der Waals surface area contributed by atoms with Crippen LogP contribution in [0.25, 0.3) is 10.9 Å². The molecule has 42 heavy (non-hydrogen) atoms. The highest BCUT2D eigenvalue weighted by Crippen LogP contribution is 2.47. The van der Waals surface area contributed by atoms with Crippen molar-refractivity contribution in [1.29, 1.82) is 0 Å². The van der Waals surface area contributed by atoms with E-state index in [2.05, 4.69) is 33.7 Å². The molecule has 8 heteroatoms. The molecule has 3 aliphatic heterocycles. The van der Waals surface area contributed by atoms with Crippen LogP contribution in [-0.4, -0.2) is 60.4 Å². The lowest BCUT2D eigenvalue weighted by molar-refractivity contribution is -0.0439. The summed E-state index contributed by atoms with van der Waals surface area (Å²) in [7, 11) is 1.60. The van der Waals surface area contributed by atoms with E-state index in [1.807, 2.05) is 38.1 Å². The van der Waals surface area contributed by atoms with Crippen LogP contribution >= 0.6 is 0 Å². The molecule has 0 spiro atoms. The average Bonchev–Trinajstić information content (AvgIpc) is 3.68. The van der Waals surface area contributed by atoms with Gasteiger partial charge in [-0.2, -0.15) is 0 Å². The first-order valence-corrected chi connectivity index (χ1v) is 15.6. The smallest absolute Gasteiger partial charge is 0.254 e. The van der Waals surface area contributed by atoms with Gasteiger partial charge >= 0.3 is 0 Å². The van der Waals surface area contributed by atoms with Gasteiger partial charge in [0, 0.05) is 36.9 Å². The van der Waals surface area contributed by atoms with Gasteiger partial charge in [-0.3, -0.25) is 9.78 Å². The number of methoxy groups -OCH3 is 1. The van der Waals surface area contributed by atoms with Gasteiger partial charge < -0.3 is 29.7 Å².